The maximum atomic E-state index is 4.43. The molecule has 0 fully saturated rings. The fraction of sp³-hybridized carbons (Fsp3) is 0.714. The molecule has 4 nitrogen and oxygen atoms in total. The van der Waals surface area contributed by atoms with E-state index in [1.165, 1.54) is 0 Å². The lowest BCUT2D eigenvalue weighted by Gasteiger charge is -2.30. The fourth-order valence-electron chi connectivity index (χ4n) is 1.86. The molecule has 1 unspecified atom stereocenters. The van der Waals surface area contributed by atoms with Gasteiger partial charge in [0.15, 0.2) is 0 Å². The molecule has 0 saturated heterocycles. The molecule has 0 spiro atoms. The smallest absolute Gasteiger partial charge is 0.137 e. The Labute approximate surface area is 111 Å². The third kappa shape index (κ3) is 3.34. The van der Waals surface area contributed by atoms with Gasteiger partial charge in [-0.1, -0.05) is 20.8 Å². The van der Waals surface area contributed by atoms with Crippen molar-refractivity contribution < 1.29 is 0 Å². The average molecular weight is 250 g/mol. The molecule has 0 aliphatic heterocycles. The van der Waals surface area contributed by atoms with E-state index in [1.807, 2.05) is 0 Å². The van der Waals surface area contributed by atoms with Crippen molar-refractivity contribution >= 4 is 11.6 Å². The van der Waals surface area contributed by atoms with E-state index in [1.54, 1.807) is 6.33 Å². The summed E-state index contributed by atoms with van der Waals surface area (Å²) in [5, 5.41) is 3.35. The lowest BCUT2D eigenvalue weighted by Crippen LogP contribution is -2.34. The Morgan fingerprint density at radius 2 is 1.94 bits per heavy atom. The van der Waals surface area contributed by atoms with Crippen LogP contribution in [0.15, 0.2) is 6.33 Å². The molecule has 0 aromatic carbocycles. The second-order valence-electron chi connectivity index (χ2n) is 5.19. The first-order valence-corrected chi connectivity index (χ1v) is 6.77. The van der Waals surface area contributed by atoms with Crippen molar-refractivity contribution in [3.63, 3.8) is 0 Å². The molecule has 1 atom stereocenters. The molecule has 1 rings (SSSR count). The molecule has 0 amide bonds. The number of hydrogen-bond donors (Lipinski definition) is 1. The van der Waals surface area contributed by atoms with E-state index in [0.29, 0.717) is 12.0 Å². The highest BCUT2D eigenvalue weighted by Crippen LogP contribution is 2.24. The van der Waals surface area contributed by atoms with Crippen LogP contribution >= 0.6 is 0 Å². The molecule has 0 radical (unpaired) electrons. The minimum absolute atomic E-state index is 0.456. The van der Waals surface area contributed by atoms with Gasteiger partial charge in [-0.2, -0.15) is 0 Å². The number of hydrogen-bond acceptors (Lipinski definition) is 4. The Balaban J connectivity index is 2.95. The first-order chi connectivity index (χ1) is 8.49. The van der Waals surface area contributed by atoms with Crippen molar-refractivity contribution in [1.29, 1.82) is 0 Å². The molecule has 4 heteroatoms. The number of anilines is 2. The molecule has 1 aromatic rings. The Bertz CT molecular complexity index is 376. The summed E-state index contributed by atoms with van der Waals surface area (Å²) in [6, 6.07) is 0.456. The minimum Gasteiger partial charge on any atom is -0.370 e. The van der Waals surface area contributed by atoms with Crippen molar-refractivity contribution in [2.24, 2.45) is 5.92 Å². The number of rotatable bonds is 6. The third-order valence-electron chi connectivity index (χ3n) is 3.51. The molecule has 1 aromatic heterocycles. The summed E-state index contributed by atoms with van der Waals surface area (Å²) in [5.41, 5.74) is 1.13. The molecule has 1 N–H and O–H groups in total. The molecule has 0 saturated carbocycles. The van der Waals surface area contributed by atoms with Crippen LogP contribution < -0.4 is 10.2 Å². The van der Waals surface area contributed by atoms with E-state index >= 15 is 0 Å². The maximum absolute atomic E-state index is 4.43. The van der Waals surface area contributed by atoms with Gasteiger partial charge in [-0.25, -0.2) is 9.97 Å². The van der Waals surface area contributed by atoms with Crippen LogP contribution in [0, 0.1) is 12.8 Å². The van der Waals surface area contributed by atoms with Crippen LogP contribution in [0.4, 0.5) is 11.6 Å². The molecule has 102 valence electrons. The first kappa shape index (κ1) is 14.7. The van der Waals surface area contributed by atoms with Gasteiger partial charge >= 0.3 is 0 Å². The van der Waals surface area contributed by atoms with E-state index in [2.05, 4.69) is 61.9 Å². The van der Waals surface area contributed by atoms with Gasteiger partial charge in [0.25, 0.3) is 0 Å². The van der Waals surface area contributed by atoms with E-state index in [9.17, 15) is 0 Å². The summed E-state index contributed by atoms with van der Waals surface area (Å²) in [7, 11) is 2.10. The van der Waals surface area contributed by atoms with Crippen LogP contribution in [-0.2, 0) is 0 Å². The van der Waals surface area contributed by atoms with Crippen molar-refractivity contribution in [2.45, 2.75) is 47.1 Å². The molecule has 0 bridgehead atoms. The monoisotopic (exact) mass is 250 g/mol. The summed E-state index contributed by atoms with van der Waals surface area (Å²) in [6.45, 7) is 11.9. The summed E-state index contributed by atoms with van der Waals surface area (Å²) in [4.78, 5) is 11.0. The summed E-state index contributed by atoms with van der Waals surface area (Å²) >= 11 is 0. The van der Waals surface area contributed by atoms with Gasteiger partial charge in [-0.3, -0.25) is 0 Å². The average Bonchev–Trinajstić information content (AvgIpc) is 2.35. The van der Waals surface area contributed by atoms with E-state index in [0.717, 1.165) is 30.2 Å². The Kier molecular flexibility index (Phi) is 5.38. The van der Waals surface area contributed by atoms with Crippen molar-refractivity contribution in [3.8, 4) is 0 Å². The van der Waals surface area contributed by atoms with Gasteiger partial charge in [-0.15, -0.1) is 0 Å². The second-order valence-corrected chi connectivity index (χ2v) is 5.19. The Morgan fingerprint density at radius 1 is 1.28 bits per heavy atom. The van der Waals surface area contributed by atoms with E-state index in [4.69, 9.17) is 0 Å². The SMILES string of the molecule is CCCNc1ncnc(N(C)C(C)C(C)C)c1C. The molecular formula is C14H26N4. The minimum atomic E-state index is 0.456. The van der Waals surface area contributed by atoms with Crippen molar-refractivity contribution in [1.82, 2.24) is 9.97 Å². The first-order valence-electron chi connectivity index (χ1n) is 6.77. The van der Waals surface area contributed by atoms with Crippen molar-refractivity contribution in [2.75, 3.05) is 23.8 Å². The zero-order chi connectivity index (χ0) is 13.7. The van der Waals surface area contributed by atoms with Crippen LogP contribution in [0.5, 0.6) is 0 Å². The molecule has 1 heterocycles. The normalized spacial score (nSPS) is 12.6. The maximum Gasteiger partial charge on any atom is 0.137 e. The number of nitrogens with zero attached hydrogens (tertiary/aromatic N) is 3. The summed E-state index contributed by atoms with van der Waals surface area (Å²) in [5.74, 6) is 2.56. The van der Waals surface area contributed by atoms with Crippen LogP contribution in [0.2, 0.25) is 0 Å². The van der Waals surface area contributed by atoms with Crippen LogP contribution in [-0.4, -0.2) is 29.6 Å². The van der Waals surface area contributed by atoms with Gasteiger partial charge < -0.3 is 10.2 Å². The van der Waals surface area contributed by atoms with Crippen molar-refractivity contribution in [3.05, 3.63) is 11.9 Å². The standard InChI is InChI=1S/C14H26N4/c1-7-8-15-13-11(4)14(17-9-16-13)18(6)12(5)10(2)3/h9-10,12H,7-8H2,1-6H3,(H,15,16,17). The predicted molar refractivity (Wildman–Crippen MR) is 78.3 cm³/mol. The number of nitrogens with one attached hydrogen (secondary N) is 1. The zero-order valence-corrected chi connectivity index (χ0v) is 12.5. The highest BCUT2D eigenvalue weighted by molar-refractivity contribution is 5.57. The summed E-state index contributed by atoms with van der Waals surface area (Å²) < 4.78 is 0. The number of aromatic nitrogens is 2. The predicted octanol–water partition coefficient (Wildman–Crippen LogP) is 3.09. The fourth-order valence-corrected chi connectivity index (χ4v) is 1.86. The van der Waals surface area contributed by atoms with Crippen LogP contribution in [0.3, 0.4) is 0 Å². The Morgan fingerprint density at radius 3 is 2.50 bits per heavy atom. The highest BCUT2D eigenvalue weighted by atomic mass is 15.2. The van der Waals surface area contributed by atoms with E-state index < -0.39 is 0 Å². The van der Waals surface area contributed by atoms with Gasteiger partial charge in [0.2, 0.25) is 0 Å². The lowest BCUT2D eigenvalue weighted by molar-refractivity contribution is 0.502. The largest absolute Gasteiger partial charge is 0.370 e. The molecule has 0 aliphatic carbocycles. The van der Waals surface area contributed by atoms with Gasteiger partial charge in [0.1, 0.15) is 18.0 Å². The van der Waals surface area contributed by atoms with Gasteiger partial charge in [-0.05, 0) is 26.2 Å². The highest BCUT2D eigenvalue weighted by Gasteiger charge is 2.18. The molecule has 18 heavy (non-hydrogen) atoms. The third-order valence-corrected chi connectivity index (χ3v) is 3.51. The quantitative estimate of drug-likeness (QED) is 0.842. The van der Waals surface area contributed by atoms with Gasteiger partial charge in [0.05, 0.1) is 0 Å². The second kappa shape index (κ2) is 6.57. The lowest BCUT2D eigenvalue weighted by atomic mass is 10.0. The topological polar surface area (TPSA) is 41.1 Å². The van der Waals surface area contributed by atoms with Crippen LogP contribution in [0.1, 0.15) is 39.7 Å². The zero-order valence-electron chi connectivity index (χ0n) is 12.5. The Hall–Kier alpha value is -1.32. The molecular weight excluding hydrogens is 224 g/mol. The summed E-state index contributed by atoms with van der Waals surface area (Å²) in [6.07, 6.45) is 2.74. The molecule has 0 aliphatic rings. The van der Waals surface area contributed by atoms with Gasteiger partial charge in [0, 0.05) is 25.2 Å². The van der Waals surface area contributed by atoms with E-state index in [-0.39, 0.29) is 0 Å². The van der Waals surface area contributed by atoms with Crippen LogP contribution in [0.25, 0.3) is 0 Å².